The lowest BCUT2D eigenvalue weighted by Gasteiger charge is -2.26. The van der Waals surface area contributed by atoms with Crippen molar-refractivity contribution in [2.24, 2.45) is 0 Å². The fourth-order valence-electron chi connectivity index (χ4n) is 2.64. The van der Waals surface area contributed by atoms with Crippen molar-refractivity contribution in [3.05, 3.63) is 72.7 Å². The number of aromatic hydroxyl groups is 1. The molecule has 0 saturated carbocycles. The van der Waals surface area contributed by atoms with Gasteiger partial charge in [0, 0.05) is 24.3 Å². The molecule has 0 radical (unpaired) electrons. The van der Waals surface area contributed by atoms with Gasteiger partial charge < -0.3 is 10.0 Å². The molecule has 3 aromatic rings. The lowest BCUT2D eigenvalue weighted by atomic mass is 10.1. The summed E-state index contributed by atoms with van der Waals surface area (Å²) in [6, 6.07) is 16.7. The number of carbonyl (C=O) groups excluding carboxylic acids is 1. The Morgan fingerprint density at radius 1 is 1.16 bits per heavy atom. The molecule has 0 unspecified atom stereocenters. The molecule has 0 fully saturated rings. The number of benzene rings is 2. The first-order valence-corrected chi connectivity index (χ1v) is 8.23. The molecule has 25 heavy (non-hydrogen) atoms. The van der Waals surface area contributed by atoms with Gasteiger partial charge >= 0.3 is 6.03 Å². The maximum Gasteiger partial charge on any atom is 0.329 e. The molecule has 0 spiro atoms. The molecule has 1 amide bonds. The molecule has 0 aliphatic rings. The van der Waals surface area contributed by atoms with Crippen molar-refractivity contribution in [2.75, 3.05) is 0 Å². The lowest BCUT2D eigenvalue weighted by Crippen LogP contribution is -2.38. The third-order valence-corrected chi connectivity index (χ3v) is 4.01. The number of hydrogen-bond acceptors (Lipinski definition) is 3. The second-order valence-electron chi connectivity index (χ2n) is 6.21. The molecular weight excluding hydrogens is 314 g/mol. The zero-order chi connectivity index (χ0) is 17.8. The highest BCUT2D eigenvalue weighted by Gasteiger charge is 2.19. The van der Waals surface area contributed by atoms with E-state index >= 15 is 0 Å². The van der Waals surface area contributed by atoms with Crippen molar-refractivity contribution in [1.29, 1.82) is 0 Å². The van der Waals surface area contributed by atoms with Crippen LogP contribution < -0.4 is 0 Å². The minimum absolute atomic E-state index is 0.0549. The quantitative estimate of drug-likeness (QED) is 0.780. The molecule has 0 saturated heterocycles. The summed E-state index contributed by atoms with van der Waals surface area (Å²) < 4.78 is 1.49. The maximum absolute atomic E-state index is 12.9. The number of hydrogen-bond donors (Lipinski definition) is 1. The number of amides is 1. The number of imidazole rings is 1. The highest BCUT2D eigenvalue weighted by molar-refractivity contribution is 5.78. The van der Waals surface area contributed by atoms with Crippen LogP contribution in [0.4, 0.5) is 4.79 Å². The van der Waals surface area contributed by atoms with E-state index in [1.54, 1.807) is 29.3 Å². The summed E-state index contributed by atoms with van der Waals surface area (Å²) in [5.41, 5.74) is 2.50. The molecule has 0 aliphatic heterocycles. The van der Waals surface area contributed by atoms with Crippen LogP contribution in [0.5, 0.6) is 5.75 Å². The third-order valence-electron chi connectivity index (χ3n) is 4.01. The molecule has 0 atom stereocenters. The van der Waals surface area contributed by atoms with Crippen molar-refractivity contribution >= 4 is 6.03 Å². The van der Waals surface area contributed by atoms with Gasteiger partial charge in [0.25, 0.3) is 0 Å². The number of rotatable bonds is 4. The number of carbonyl (C=O) groups is 1. The van der Waals surface area contributed by atoms with E-state index in [0.29, 0.717) is 12.2 Å². The Labute approximate surface area is 147 Å². The predicted octanol–water partition coefficient (Wildman–Crippen LogP) is 4.13. The van der Waals surface area contributed by atoms with E-state index in [-0.39, 0.29) is 17.8 Å². The van der Waals surface area contributed by atoms with E-state index in [4.69, 9.17) is 0 Å². The van der Waals surface area contributed by atoms with E-state index in [1.165, 1.54) is 10.9 Å². The van der Waals surface area contributed by atoms with Gasteiger partial charge in [-0.3, -0.25) is 4.57 Å². The molecule has 1 aromatic heterocycles. The largest absolute Gasteiger partial charge is 0.508 e. The lowest BCUT2D eigenvalue weighted by molar-refractivity contribution is 0.181. The Morgan fingerprint density at radius 2 is 1.92 bits per heavy atom. The molecule has 0 bridgehead atoms. The first-order valence-electron chi connectivity index (χ1n) is 8.23. The Kier molecular flexibility index (Phi) is 4.84. The summed E-state index contributed by atoms with van der Waals surface area (Å²) >= 11 is 0. The smallest absolute Gasteiger partial charge is 0.329 e. The standard InChI is InChI=1S/C20H21N3O2/c1-15(2)23(12-16-7-4-3-5-8-16)20(25)22-13-19(21-14-22)17-9-6-10-18(24)11-17/h3-11,13-15,24H,12H2,1-2H3. The van der Waals surface area contributed by atoms with Crippen molar-refractivity contribution in [3.63, 3.8) is 0 Å². The van der Waals surface area contributed by atoms with Gasteiger partial charge in [-0.15, -0.1) is 0 Å². The van der Waals surface area contributed by atoms with Gasteiger partial charge in [-0.05, 0) is 31.5 Å². The fraction of sp³-hybridized carbons (Fsp3) is 0.200. The number of phenols is 1. The average Bonchev–Trinajstić information content (AvgIpc) is 3.10. The van der Waals surface area contributed by atoms with Crippen LogP contribution in [0.3, 0.4) is 0 Å². The monoisotopic (exact) mass is 335 g/mol. The first kappa shape index (κ1) is 16.8. The van der Waals surface area contributed by atoms with Crippen LogP contribution in [-0.2, 0) is 6.54 Å². The Balaban J connectivity index is 1.83. The second-order valence-corrected chi connectivity index (χ2v) is 6.21. The minimum Gasteiger partial charge on any atom is -0.508 e. The van der Waals surface area contributed by atoms with Crippen molar-refractivity contribution in [3.8, 4) is 17.0 Å². The van der Waals surface area contributed by atoms with E-state index in [2.05, 4.69) is 4.98 Å². The van der Waals surface area contributed by atoms with Gasteiger partial charge in [0.15, 0.2) is 0 Å². The highest BCUT2D eigenvalue weighted by Crippen LogP contribution is 2.22. The maximum atomic E-state index is 12.9. The predicted molar refractivity (Wildman–Crippen MR) is 97.2 cm³/mol. The van der Waals surface area contributed by atoms with E-state index in [9.17, 15) is 9.90 Å². The zero-order valence-corrected chi connectivity index (χ0v) is 14.3. The van der Waals surface area contributed by atoms with Crippen LogP contribution >= 0.6 is 0 Å². The molecule has 0 aliphatic carbocycles. The van der Waals surface area contributed by atoms with Crippen molar-refractivity contribution in [2.45, 2.75) is 26.4 Å². The normalized spacial score (nSPS) is 10.8. The number of aromatic nitrogens is 2. The highest BCUT2D eigenvalue weighted by atomic mass is 16.3. The fourth-order valence-corrected chi connectivity index (χ4v) is 2.64. The summed E-state index contributed by atoms with van der Waals surface area (Å²) in [6.07, 6.45) is 3.21. The summed E-state index contributed by atoms with van der Waals surface area (Å²) in [5.74, 6) is 0.172. The third kappa shape index (κ3) is 3.88. The van der Waals surface area contributed by atoms with E-state index in [0.717, 1.165) is 11.1 Å². The Bertz CT molecular complexity index is 856. The summed E-state index contributed by atoms with van der Waals surface area (Å²) in [6.45, 7) is 4.53. The summed E-state index contributed by atoms with van der Waals surface area (Å²) in [7, 11) is 0. The molecule has 3 rings (SSSR count). The topological polar surface area (TPSA) is 58.4 Å². The van der Waals surface area contributed by atoms with Gasteiger partial charge in [-0.25, -0.2) is 9.78 Å². The van der Waals surface area contributed by atoms with Crippen LogP contribution in [0.1, 0.15) is 19.4 Å². The summed E-state index contributed by atoms with van der Waals surface area (Å²) in [5, 5.41) is 9.61. The van der Waals surface area contributed by atoms with Gasteiger partial charge in [-0.1, -0.05) is 42.5 Å². The van der Waals surface area contributed by atoms with E-state index in [1.807, 2.05) is 50.2 Å². The van der Waals surface area contributed by atoms with E-state index < -0.39 is 0 Å². The van der Waals surface area contributed by atoms with Gasteiger partial charge in [0.05, 0.1) is 5.69 Å². The first-order chi connectivity index (χ1) is 12.0. The van der Waals surface area contributed by atoms with Gasteiger partial charge in [-0.2, -0.15) is 0 Å². The summed E-state index contributed by atoms with van der Waals surface area (Å²) in [4.78, 5) is 19.0. The Morgan fingerprint density at radius 3 is 2.60 bits per heavy atom. The van der Waals surface area contributed by atoms with Crippen LogP contribution in [0.25, 0.3) is 11.3 Å². The Hall–Kier alpha value is -3.08. The zero-order valence-electron chi connectivity index (χ0n) is 14.3. The van der Waals surface area contributed by atoms with Crippen molar-refractivity contribution < 1.29 is 9.90 Å². The van der Waals surface area contributed by atoms with Gasteiger partial charge in [0.1, 0.15) is 12.1 Å². The minimum atomic E-state index is -0.127. The molecular formula is C20H21N3O2. The average molecular weight is 335 g/mol. The van der Waals surface area contributed by atoms with Gasteiger partial charge in [0.2, 0.25) is 0 Å². The SMILES string of the molecule is CC(C)N(Cc1ccccc1)C(=O)n1cnc(-c2cccc(O)c2)c1. The molecule has 1 heterocycles. The van der Waals surface area contributed by atoms with Crippen LogP contribution in [0.15, 0.2) is 67.1 Å². The molecule has 2 aromatic carbocycles. The molecule has 1 N–H and O–H groups in total. The number of nitrogens with zero attached hydrogens (tertiary/aromatic N) is 3. The van der Waals surface area contributed by atoms with Crippen molar-refractivity contribution in [1.82, 2.24) is 14.5 Å². The molecule has 5 heteroatoms. The van der Waals surface area contributed by atoms with Crippen LogP contribution in [-0.4, -0.2) is 31.6 Å². The molecule has 5 nitrogen and oxygen atoms in total. The second kappa shape index (κ2) is 7.21. The van der Waals surface area contributed by atoms with Crippen LogP contribution in [0, 0.1) is 0 Å². The number of phenolic OH excluding ortho intramolecular Hbond substituents is 1. The molecule has 128 valence electrons. The van der Waals surface area contributed by atoms with Crippen LogP contribution in [0.2, 0.25) is 0 Å².